The number of hydrogen-bond acceptors (Lipinski definition) is 7. The van der Waals surface area contributed by atoms with Crippen LogP contribution in [0.3, 0.4) is 0 Å². The predicted octanol–water partition coefficient (Wildman–Crippen LogP) is 1.71. The summed E-state index contributed by atoms with van der Waals surface area (Å²) in [6.45, 7) is 5.03. The molecule has 2 aliphatic heterocycles. The highest BCUT2D eigenvalue weighted by atomic mass is 16.6. The average molecular weight is 420 g/mol. The number of carbonyl (C=O) groups is 2. The maximum atomic E-state index is 12.4. The quantitative estimate of drug-likeness (QED) is 0.587. The molecule has 0 aromatic heterocycles. The molecule has 3 atom stereocenters. The third-order valence-electron chi connectivity index (χ3n) is 5.97. The molecule has 0 aliphatic carbocycles. The molecule has 3 N–H and O–H groups in total. The van der Waals surface area contributed by atoms with Crippen LogP contribution < -0.4 is 15.8 Å². The van der Waals surface area contributed by atoms with Crippen LogP contribution in [0.4, 0.5) is 4.79 Å². The molecular formula is C22H33N3O5. The highest BCUT2D eigenvalue weighted by Crippen LogP contribution is 2.27. The van der Waals surface area contributed by atoms with Gasteiger partial charge in [-0.1, -0.05) is 19.1 Å². The molecule has 3 rings (SSSR count). The molecule has 3 unspecified atom stereocenters. The van der Waals surface area contributed by atoms with E-state index in [0.29, 0.717) is 31.2 Å². The van der Waals surface area contributed by atoms with Crippen molar-refractivity contribution in [3.63, 3.8) is 0 Å². The topological polar surface area (TPSA) is 103 Å². The van der Waals surface area contributed by atoms with Crippen molar-refractivity contribution < 1.29 is 23.8 Å². The first kappa shape index (κ1) is 22.4. The third kappa shape index (κ3) is 5.64. The normalized spacial score (nSPS) is 21.8. The van der Waals surface area contributed by atoms with Crippen molar-refractivity contribution in [2.75, 3.05) is 33.4 Å². The Morgan fingerprint density at radius 2 is 2.00 bits per heavy atom. The van der Waals surface area contributed by atoms with Crippen molar-refractivity contribution in [2.45, 2.75) is 50.8 Å². The van der Waals surface area contributed by atoms with Gasteiger partial charge in [0, 0.05) is 6.04 Å². The van der Waals surface area contributed by atoms with Crippen molar-refractivity contribution >= 4 is 12.1 Å². The molecule has 8 nitrogen and oxygen atoms in total. The van der Waals surface area contributed by atoms with Crippen LogP contribution in [0.1, 0.15) is 31.7 Å². The van der Waals surface area contributed by atoms with Gasteiger partial charge in [-0.3, -0.25) is 4.79 Å². The van der Waals surface area contributed by atoms with Crippen LogP contribution in [0.2, 0.25) is 0 Å². The van der Waals surface area contributed by atoms with Gasteiger partial charge in [0.1, 0.15) is 18.4 Å². The van der Waals surface area contributed by atoms with Gasteiger partial charge in [-0.25, -0.2) is 4.79 Å². The Bertz CT molecular complexity index is 705. The van der Waals surface area contributed by atoms with Gasteiger partial charge in [0.25, 0.3) is 0 Å². The minimum atomic E-state index is -0.683. The number of piperidine rings is 1. The molecule has 0 spiro atoms. The Hall–Kier alpha value is -2.32. The van der Waals surface area contributed by atoms with Crippen molar-refractivity contribution in [3.05, 3.63) is 29.8 Å². The van der Waals surface area contributed by atoms with Crippen LogP contribution >= 0.6 is 0 Å². The zero-order valence-corrected chi connectivity index (χ0v) is 17.8. The van der Waals surface area contributed by atoms with Crippen LogP contribution in [0.5, 0.6) is 5.75 Å². The summed E-state index contributed by atoms with van der Waals surface area (Å²) in [5, 5.41) is 3.38. The summed E-state index contributed by atoms with van der Waals surface area (Å²) in [6.07, 6.45) is 3.01. The highest BCUT2D eigenvalue weighted by Gasteiger charge is 2.39. The highest BCUT2D eigenvalue weighted by molar-refractivity contribution is 5.75. The summed E-state index contributed by atoms with van der Waals surface area (Å²) < 4.78 is 16.0. The molecule has 2 aliphatic rings. The molecule has 0 saturated carbocycles. The number of benzene rings is 1. The molecule has 1 amide bonds. The van der Waals surface area contributed by atoms with Gasteiger partial charge in [-0.2, -0.15) is 0 Å². The van der Waals surface area contributed by atoms with Gasteiger partial charge in [0.15, 0.2) is 6.10 Å². The van der Waals surface area contributed by atoms with Gasteiger partial charge in [-0.05, 0) is 62.4 Å². The largest absolute Gasteiger partial charge is 0.490 e. The van der Waals surface area contributed by atoms with E-state index in [2.05, 4.69) is 17.0 Å². The summed E-state index contributed by atoms with van der Waals surface area (Å²) in [5.41, 5.74) is 6.72. The molecule has 2 heterocycles. The van der Waals surface area contributed by atoms with Crippen molar-refractivity contribution in [3.8, 4) is 5.75 Å². The standard InChI is InChI=1S/C22H33N3O5/c1-3-20(16-8-10-24-11-9-16)25-13-18(30-22(25)27)14-29-17-6-4-15(5-7-17)12-19(23)21(26)28-2/h4-7,16,18-20,24H,3,8-14,23H2,1-2H3. The molecule has 30 heavy (non-hydrogen) atoms. The summed E-state index contributed by atoms with van der Waals surface area (Å²) in [7, 11) is 1.32. The number of esters is 1. The second-order valence-corrected chi connectivity index (χ2v) is 8.01. The smallest absolute Gasteiger partial charge is 0.410 e. The van der Waals surface area contributed by atoms with Crippen LogP contribution in [0.25, 0.3) is 0 Å². The van der Waals surface area contributed by atoms with E-state index in [0.717, 1.165) is 37.9 Å². The molecule has 8 heteroatoms. The number of nitrogens with two attached hydrogens (primary N) is 1. The lowest BCUT2D eigenvalue weighted by Gasteiger charge is -2.35. The number of hydrogen-bond donors (Lipinski definition) is 2. The van der Waals surface area contributed by atoms with Crippen LogP contribution in [0.15, 0.2) is 24.3 Å². The van der Waals surface area contributed by atoms with E-state index in [4.69, 9.17) is 15.2 Å². The van der Waals surface area contributed by atoms with E-state index in [9.17, 15) is 9.59 Å². The predicted molar refractivity (Wildman–Crippen MR) is 112 cm³/mol. The number of rotatable bonds is 9. The van der Waals surface area contributed by atoms with E-state index < -0.39 is 12.0 Å². The second-order valence-electron chi connectivity index (χ2n) is 8.01. The van der Waals surface area contributed by atoms with Gasteiger partial charge in [-0.15, -0.1) is 0 Å². The number of methoxy groups -OCH3 is 1. The summed E-state index contributed by atoms with van der Waals surface area (Å²) in [6, 6.07) is 6.94. The van der Waals surface area contributed by atoms with E-state index in [1.165, 1.54) is 7.11 Å². The number of amides is 1. The van der Waals surface area contributed by atoms with Gasteiger partial charge >= 0.3 is 12.1 Å². The number of carbonyl (C=O) groups excluding carboxylic acids is 2. The fourth-order valence-electron chi connectivity index (χ4n) is 4.34. The van der Waals surface area contributed by atoms with Crippen molar-refractivity contribution in [1.82, 2.24) is 10.2 Å². The minimum absolute atomic E-state index is 0.225. The van der Waals surface area contributed by atoms with E-state index in [1.807, 2.05) is 29.2 Å². The van der Waals surface area contributed by atoms with E-state index in [-0.39, 0.29) is 18.2 Å². The summed E-state index contributed by atoms with van der Waals surface area (Å²) in [5.74, 6) is 0.774. The first-order valence-corrected chi connectivity index (χ1v) is 10.7. The van der Waals surface area contributed by atoms with Crippen molar-refractivity contribution in [1.29, 1.82) is 0 Å². The Kier molecular flexibility index (Phi) is 7.93. The lowest BCUT2D eigenvalue weighted by atomic mass is 9.88. The monoisotopic (exact) mass is 419 g/mol. The fourth-order valence-corrected chi connectivity index (χ4v) is 4.34. The number of ether oxygens (including phenoxy) is 3. The first-order valence-electron chi connectivity index (χ1n) is 10.7. The zero-order chi connectivity index (χ0) is 21.5. The van der Waals surface area contributed by atoms with E-state index >= 15 is 0 Å². The van der Waals surface area contributed by atoms with Gasteiger partial charge < -0.3 is 30.2 Å². The third-order valence-corrected chi connectivity index (χ3v) is 5.97. The molecule has 1 aromatic carbocycles. The molecule has 2 fully saturated rings. The Morgan fingerprint density at radius 1 is 1.30 bits per heavy atom. The van der Waals surface area contributed by atoms with Crippen molar-refractivity contribution in [2.24, 2.45) is 11.7 Å². The zero-order valence-electron chi connectivity index (χ0n) is 17.8. The Morgan fingerprint density at radius 3 is 2.63 bits per heavy atom. The molecule has 0 bridgehead atoms. The molecule has 1 aromatic rings. The molecule has 2 saturated heterocycles. The van der Waals surface area contributed by atoms with Crippen LogP contribution in [0, 0.1) is 5.92 Å². The van der Waals surface area contributed by atoms with Gasteiger partial charge in [0.05, 0.1) is 13.7 Å². The van der Waals surface area contributed by atoms with Crippen LogP contribution in [-0.2, 0) is 20.7 Å². The van der Waals surface area contributed by atoms with Gasteiger partial charge in [0.2, 0.25) is 0 Å². The summed E-state index contributed by atoms with van der Waals surface area (Å²) in [4.78, 5) is 25.8. The number of nitrogens with zero attached hydrogens (tertiary/aromatic N) is 1. The first-order chi connectivity index (χ1) is 14.5. The maximum Gasteiger partial charge on any atom is 0.410 e. The number of nitrogens with one attached hydrogen (secondary N) is 1. The maximum absolute atomic E-state index is 12.4. The second kappa shape index (κ2) is 10.6. The Labute approximate surface area is 178 Å². The van der Waals surface area contributed by atoms with Crippen LogP contribution in [-0.4, -0.2) is 68.5 Å². The minimum Gasteiger partial charge on any atom is -0.490 e. The fraction of sp³-hybridized carbons (Fsp3) is 0.636. The number of cyclic esters (lactones) is 1. The molecule has 166 valence electrons. The lowest BCUT2D eigenvalue weighted by molar-refractivity contribution is -0.142. The lowest BCUT2D eigenvalue weighted by Crippen LogP contribution is -2.45. The summed E-state index contributed by atoms with van der Waals surface area (Å²) >= 11 is 0. The molecular weight excluding hydrogens is 386 g/mol. The van der Waals surface area contributed by atoms with E-state index in [1.54, 1.807) is 0 Å². The SMILES string of the molecule is CCC(C1CCNCC1)N1CC(COc2ccc(CC(N)C(=O)OC)cc2)OC1=O. The average Bonchev–Trinajstić information content (AvgIpc) is 3.14. The molecule has 0 radical (unpaired) electrons. The Balaban J connectivity index is 1.49.